The summed E-state index contributed by atoms with van der Waals surface area (Å²) >= 11 is 0. The monoisotopic (exact) mass is 458 g/mol. The molecule has 3 aromatic rings. The average Bonchev–Trinajstić information content (AvgIpc) is 3.05. The van der Waals surface area contributed by atoms with Crippen LogP contribution in [0.25, 0.3) is 11.8 Å². The molecule has 0 saturated carbocycles. The number of benzene rings is 2. The number of rotatable bonds is 4. The molecule has 9 nitrogen and oxygen atoms in total. The lowest BCUT2D eigenvalue weighted by Crippen LogP contribution is -2.54. The second-order valence-corrected chi connectivity index (χ2v) is 8.18. The Morgan fingerprint density at radius 2 is 1.62 bits per heavy atom. The Hall–Kier alpha value is -4.53. The van der Waals surface area contributed by atoms with E-state index in [1.807, 2.05) is 31.4 Å². The normalized spacial score (nSPS) is 15.1. The number of imide groups is 2. The number of nitro benzene ring substituents is 1. The molecule has 1 aliphatic rings. The zero-order chi connectivity index (χ0) is 24.7. The summed E-state index contributed by atoms with van der Waals surface area (Å²) in [7, 11) is 0. The van der Waals surface area contributed by atoms with Gasteiger partial charge >= 0.3 is 6.03 Å². The van der Waals surface area contributed by atoms with Crippen LogP contribution in [0.2, 0.25) is 0 Å². The third kappa shape index (κ3) is 3.88. The molecule has 1 aromatic heterocycles. The van der Waals surface area contributed by atoms with Crippen molar-refractivity contribution < 1.29 is 19.3 Å². The topological polar surface area (TPSA) is 115 Å². The summed E-state index contributed by atoms with van der Waals surface area (Å²) in [5.74, 6) is -1.48. The van der Waals surface area contributed by atoms with Gasteiger partial charge in [-0.1, -0.05) is 17.7 Å². The standard InChI is InChI=1S/C25H22N4O5/c1-14-5-7-19(8-6-14)28-24(31)21(23(30)26-25(28)32)13-18-12-16(3)27(17(18)4)22-10-9-20(29(33)34)11-15(22)2/h5-13H,1-4H3,(H,26,30,32)/b21-13+. The highest BCUT2D eigenvalue weighted by Gasteiger charge is 2.37. The lowest BCUT2D eigenvalue weighted by atomic mass is 10.1. The number of nitro groups is 1. The van der Waals surface area contributed by atoms with Gasteiger partial charge in [0.25, 0.3) is 17.5 Å². The van der Waals surface area contributed by atoms with Gasteiger partial charge in [0.1, 0.15) is 5.57 Å². The van der Waals surface area contributed by atoms with E-state index in [0.29, 0.717) is 16.8 Å². The maximum atomic E-state index is 13.2. The Labute approximate surface area is 195 Å². The molecule has 2 aromatic carbocycles. The highest BCUT2D eigenvalue weighted by Crippen LogP contribution is 2.28. The first-order valence-electron chi connectivity index (χ1n) is 10.5. The predicted molar refractivity (Wildman–Crippen MR) is 127 cm³/mol. The van der Waals surface area contributed by atoms with Crippen LogP contribution in [-0.2, 0) is 9.59 Å². The molecule has 0 aliphatic carbocycles. The summed E-state index contributed by atoms with van der Waals surface area (Å²) in [6.07, 6.45) is 1.46. The van der Waals surface area contributed by atoms with Crippen LogP contribution in [0.1, 0.15) is 28.1 Å². The van der Waals surface area contributed by atoms with Gasteiger partial charge in [0.2, 0.25) is 0 Å². The largest absolute Gasteiger partial charge is 0.335 e. The van der Waals surface area contributed by atoms with Crippen molar-refractivity contribution in [1.29, 1.82) is 0 Å². The molecule has 9 heteroatoms. The zero-order valence-electron chi connectivity index (χ0n) is 19.1. The number of anilines is 1. The molecular weight excluding hydrogens is 436 g/mol. The second kappa shape index (κ2) is 8.43. The number of amides is 4. The Bertz CT molecular complexity index is 1400. The molecule has 2 heterocycles. The van der Waals surface area contributed by atoms with E-state index in [9.17, 15) is 24.5 Å². The van der Waals surface area contributed by atoms with E-state index < -0.39 is 22.8 Å². The van der Waals surface area contributed by atoms with Crippen molar-refractivity contribution in [2.75, 3.05) is 4.90 Å². The van der Waals surface area contributed by atoms with E-state index in [0.717, 1.165) is 27.5 Å². The fourth-order valence-corrected chi connectivity index (χ4v) is 4.05. The van der Waals surface area contributed by atoms with E-state index in [4.69, 9.17) is 0 Å². The summed E-state index contributed by atoms with van der Waals surface area (Å²) < 4.78 is 1.90. The van der Waals surface area contributed by atoms with E-state index in [1.165, 1.54) is 18.2 Å². The van der Waals surface area contributed by atoms with E-state index >= 15 is 0 Å². The molecule has 0 bridgehead atoms. The van der Waals surface area contributed by atoms with Crippen LogP contribution in [0.4, 0.5) is 16.2 Å². The van der Waals surface area contributed by atoms with Gasteiger partial charge < -0.3 is 4.57 Å². The molecule has 0 radical (unpaired) electrons. The Balaban J connectivity index is 1.76. The van der Waals surface area contributed by atoms with Crippen LogP contribution in [0.5, 0.6) is 0 Å². The van der Waals surface area contributed by atoms with Gasteiger partial charge in [-0.15, -0.1) is 0 Å². The summed E-state index contributed by atoms with van der Waals surface area (Å²) in [6.45, 7) is 7.36. The highest BCUT2D eigenvalue weighted by atomic mass is 16.6. The van der Waals surface area contributed by atoms with Crippen molar-refractivity contribution in [2.45, 2.75) is 27.7 Å². The van der Waals surface area contributed by atoms with Gasteiger partial charge in [-0.05, 0) is 69.2 Å². The van der Waals surface area contributed by atoms with Gasteiger partial charge in [0.05, 0.1) is 10.6 Å². The summed E-state index contributed by atoms with van der Waals surface area (Å²) in [5.41, 5.74) is 4.79. The van der Waals surface area contributed by atoms with E-state index in [1.54, 1.807) is 37.3 Å². The predicted octanol–water partition coefficient (Wildman–Crippen LogP) is 4.29. The third-order valence-electron chi connectivity index (χ3n) is 5.80. The lowest BCUT2D eigenvalue weighted by Gasteiger charge is -2.26. The Morgan fingerprint density at radius 3 is 2.24 bits per heavy atom. The third-order valence-corrected chi connectivity index (χ3v) is 5.80. The van der Waals surface area contributed by atoms with Gasteiger partial charge in [0, 0.05) is 29.2 Å². The first-order chi connectivity index (χ1) is 16.1. The van der Waals surface area contributed by atoms with Gasteiger partial charge in [0.15, 0.2) is 0 Å². The van der Waals surface area contributed by atoms with E-state index in [2.05, 4.69) is 5.32 Å². The van der Waals surface area contributed by atoms with Crippen LogP contribution in [0, 0.1) is 37.8 Å². The molecule has 172 valence electrons. The molecule has 1 fully saturated rings. The SMILES string of the molecule is Cc1ccc(N2C(=O)NC(=O)/C(=C\c3cc(C)n(-c4ccc([N+](=O)[O-])cc4C)c3C)C2=O)cc1. The highest BCUT2D eigenvalue weighted by molar-refractivity contribution is 6.39. The molecule has 34 heavy (non-hydrogen) atoms. The summed E-state index contributed by atoms with van der Waals surface area (Å²) in [5, 5.41) is 13.3. The smallest absolute Gasteiger partial charge is 0.318 e. The number of aromatic nitrogens is 1. The summed E-state index contributed by atoms with van der Waals surface area (Å²) in [4.78, 5) is 49.7. The minimum Gasteiger partial charge on any atom is -0.318 e. The van der Waals surface area contributed by atoms with Crippen LogP contribution >= 0.6 is 0 Å². The lowest BCUT2D eigenvalue weighted by molar-refractivity contribution is -0.384. The number of urea groups is 1. The number of hydrogen-bond acceptors (Lipinski definition) is 5. The minimum absolute atomic E-state index is 0.00334. The molecular formula is C25H22N4O5. The van der Waals surface area contributed by atoms with Gasteiger partial charge in [-0.3, -0.25) is 25.0 Å². The molecule has 1 saturated heterocycles. The number of carbonyl (C=O) groups is 3. The van der Waals surface area contributed by atoms with Crippen LogP contribution in [-0.4, -0.2) is 27.3 Å². The Kier molecular flexibility index (Phi) is 5.62. The number of non-ortho nitro benzene ring substituents is 1. The fraction of sp³-hybridized carbons (Fsp3) is 0.160. The second-order valence-electron chi connectivity index (χ2n) is 8.18. The molecule has 4 rings (SSSR count). The number of hydrogen-bond donors (Lipinski definition) is 1. The van der Waals surface area contributed by atoms with Crippen LogP contribution in [0.15, 0.2) is 54.1 Å². The summed E-state index contributed by atoms with van der Waals surface area (Å²) in [6, 6.07) is 12.4. The molecule has 0 unspecified atom stereocenters. The first-order valence-corrected chi connectivity index (χ1v) is 10.5. The zero-order valence-corrected chi connectivity index (χ0v) is 19.1. The average molecular weight is 458 g/mol. The molecule has 1 aliphatic heterocycles. The van der Waals surface area contributed by atoms with Crippen molar-refractivity contribution in [3.8, 4) is 5.69 Å². The van der Waals surface area contributed by atoms with Crippen molar-refractivity contribution >= 4 is 35.3 Å². The number of nitrogens with one attached hydrogen (secondary N) is 1. The molecule has 1 N–H and O–H groups in total. The quantitative estimate of drug-likeness (QED) is 0.271. The number of carbonyl (C=O) groups excluding carboxylic acids is 3. The fourth-order valence-electron chi connectivity index (χ4n) is 4.05. The van der Waals surface area contributed by atoms with Gasteiger partial charge in [-0.25, -0.2) is 9.69 Å². The van der Waals surface area contributed by atoms with Crippen molar-refractivity contribution in [1.82, 2.24) is 9.88 Å². The molecule has 4 amide bonds. The Morgan fingerprint density at radius 1 is 0.941 bits per heavy atom. The first kappa shape index (κ1) is 22.7. The maximum absolute atomic E-state index is 13.2. The van der Waals surface area contributed by atoms with E-state index in [-0.39, 0.29) is 11.3 Å². The maximum Gasteiger partial charge on any atom is 0.335 e. The van der Waals surface area contributed by atoms with Crippen LogP contribution < -0.4 is 10.2 Å². The number of nitrogens with zero attached hydrogens (tertiary/aromatic N) is 3. The van der Waals surface area contributed by atoms with Crippen molar-refractivity contribution in [2.24, 2.45) is 0 Å². The molecule has 0 atom stereocenters. The minimum atomic E-state index is -0.803. The van der Waals surface area contributed by atoms with Gasteiger partial charge in [-0.2, -0.15) is 0 Å². The van der Waals surface area contributed by atoms with Crippen molar-refractivity contribution in [3.05, 3.63) is 92.3 Å². The van der Waals surface area contributed by atoms with Crippen LogP contribution in [0.3, 0.4) is 0 Å². The molecule has 0 spiro atoms. The number of barbiturate groups is 1. The number of aryl methyl sites for hydroxylation is 3. The van der Waals surface area contributed by atoms with Crippen molar-refractivity contribution in [3.63, 3.8) is 0 Å².